The molecule has 2 fully saturated rings. The SMILES string of the molecule is O=C(Cc1ccc2c(c1)OCCO2)Nc1cc(S(=O)(=O)N2CCCCC2)ccc1N1CCCCC1. The quantitative estimate of drug-likeness (QED) is 0.651. The molecule has 0 radical (unpaired) electrons. The molecule has 0 spiro atoms. The van der Waals surface area contributed by atoms with Crippen molar-refractivity contribution in [3.8, 4) is 11.5 Å². The first-order valence-corrected chi connectivity index (χ1v) is 14.0. The zero-order chi connectivity index (χ0) is 24.3. The summed E-state index contributed by atoms with van der Waals surface area (Å²) < 4.78 is 39.4. The smallest absolute Gasteiger partial charge is 0.243 e. The monoisotopic (exact) mass is 499 g/mol. The van der Waals surface area contributed by atoms with Gasteiger partial charge in [-0.25, -0.2) is 8.42 Å². The number of piperidine rings is 2. The van der Waals surface area contributed by atoms with Gasteiger partial charge in [0, 0.05) is 26.2 Å². The molecule has 2 aromatic rings. The van der Waals surface area contributed by atoms with Gasteiger partial charge in [-0.15, -0.1) is 0 Å². The Morgan fingerprint density at radius 2 is 1.51 bits per heavy atom. The Hall–Kier alpha value is -2.78. The Labute approximate surface area is 207 Å². The minimum absolute atomic E-state index is 0.152. The number of nitrogens with zero attached hydrogens (tertiary/aromatic N) is 2. The fourth-order valence-electron chi connectivity index (χ4n) is 5.02. The molecule has 5 rings (SSSR count). The lowest BCUT2D eigenvalue weighted by Crippen LogP contribution is -2.36. The fourth-order valence-corrected chi connectivity index (χ4v) is 6.56. The molecular formula is C26H33N3O5S. The fraction of sp³-hybridized carbons (Fsp3) is 0.500. The Morgan fingerprint density at radius 1 is 0.829 bits per heavy atom. The molecule has 2 aromatic carbocycles. The Kier molecular flexibility index (Phi) is 7.15. The van der Waals surface area contributed by atoms with Gasteiger partial charge in [-0.2, -0.15) is 4.31 Å². The molecule has 0 aliphatic carbocycles. The van der Waals surface area contributed by atoms with E-state index >= 15 is 0 Å². The van der Waals surface area contributed by atoms with Crippen molar-refractivity contribution in [2.75, 3.05) is 49.6 Å². The van der Waals surface area contributed by atoms with Crippen LogP contribution in [0, 0.1) is 0 Å². The van der Waals surface area contributed by atoms with E-state index in [9.17, 15) is 13.2 Å². The van der Waals surface area contributed by atoms with Gasteiger partial charge in [0.1, 0.15) is 13.2 Å². The van der Waals surface area contributed by atoms with Gasteiger partial charge in [0.2, 0.25) is 15.9 Å². The number of amides is 1. The molecule has 0 atom stereocenters. The van der Waals surface area contributed by atoms with Crippen LogP contribution in [0.4, 0.5) is 11.4 Å². The summed E-state index contributed by atoms with van der Waals surface area (Å²) in [5.41, 5.74) is 2.23. The number of hydrogen-bond acceptors (Lipinski definition) is 6. The molecular weight excluding hydrogens is 466 g/mol. The van der Waals surface area contributed by atoms with Gasteiger partial charge in [0.05, 0.1) is 22.7 Å². The highest BCUT2D eigenvalue weighted by Gasteiger charge is 2.28. The average Bonchev–Trinajstić information content (AvgIpc) is 2.89. The Bertz CT molecular complexity index is 1170. The predicted octanol–water partition coefficient (Wildman–Crippen LogP) is 3.80. The highest BCUT2D eigenvalue weighted by Crippen LogP contribution is 2.34. The number of fused-ring (bicyclic) bond motifs is 1. The minimum atomic E-state index is -3.60. The summed E-state index contributed by atoms with van der Waals surface area (Å²) >= 11 is 0. The van der Waals surface area contributed by atoms with E-state index in [1.54, 1.807) is 16.4 Å². The summed E-state index contributed by atoms with van der Waals surface area (Å²) in [6, 6.07) is 10.7. The van der Waals surface area contributed by atoms with Crippen LogP contribution in [0.3, 0.4) is 0 Å². The van der Waals surface area contributed by atoms with Crippen molar-refractivity contribution in [1.29, 1.82) is 0 Å². The number of anilines is 2. The van der Waals surface area contributed by atoms with Gasteiger partial charge < -0.3 is 19.7 Å². The maximum atomic E-state index is 13.3. The van der Waals surface area contributed by atoms with Crippen LogP contribution < -0.4 is 19.7 Å². The molecule has 1 amide bonds. The molecule has 3 aliphatic rings. The largest absolute Gasteiger partial charge is 0.486 e. The second-order valence-electron chi connectivity index (χ2n) is 9.39. The molecule has 9 heteroatoms. The normalized spacial score (nSPS) is 18.8. The molecule has 0 saturated carbocycles. The van der Waals surface area contributed by atoms with Crippen molar-refractivity contribution in [3.63, 3.8) is 0 Å². The number of hydrogen-bond donors (Lipinski definition) is 1. The van der Waals surface area contributed by atoms with Crippen molar-refractivity contribution in [1.82, 2.24) is 4.31 Å². The summed E-state index contributed by atoms with van der Waals surface area (Å²) in [6.45, 7) is 3.87. The number of benzene rings is 2. The maximum Gasteiger partial charge on any atom is 0.243 e. The Morgan fingerprint density at radius 3 is 2.26 bits per heavy atom. The highest BCUT2D eigenvalue weighted by molar-refractivity contribution is 7.89. The summed E-state index contributed by atoms with van der Waals surface area (Å²) in [5, 5.41) is 3.02. The number of sulfonamides is 1. The molecule has 3 heterocycles. The molecule has 0 unspecified atom stereocenters. The van der Waals surface area contributed by atoms with Crippen LogP contribution in [-0.2, 0) is 21.2 Å². The van der Waals surface area contributed by atoms with Gasteiger partial charge in [0.15, 0.2) is 11.5 Å². The van der Waals surface area contributed by atoms with E-state index < -0.39 is 10.0 Å². The highest BCUT2D eigenvalue weighted by atomic mass is 32.2. The van der Waals surface area contributed by atoms with E-state index in [1.165, 1.54) is 6.42 Å². The molecule has 1 N–H and O–H groups in total. The van der Waals surface area contributed by atoms with Gasteiger partial charge >= 0.3 is 0 Å². The van der Waals surface area contributed by atoms with Gasteiger partial charge in [-0.1, -0.05) is 12.5 Å². The third-order valence-corrected chi connectivity index (χ3v) is 8.76. The number of rotatable bonds is 6. The molecule has 2 saturated heterocycles. The van der Waals surface area contributed by atoms with Crippen molar-refractivity contribution < 1.29 is 22.7 Å². The zero-order valence-electron chi connectivity index (χ0n) is 20.0. The standard InChI is InChI=1S/C26H33N3O5S/c30-26(18-20-7-10-24-25(17-20)34-16-15-33-24)27-22-19-21(35(31,32)29-13-5-2-6-14-29)8-9-23(22)28-11-3-1-4-12-28/h7-10,17,19H,1-6,11-16,18H2,(H,27,30). The van der Waals surface area contributed by atoms with E-state index in [1.807, 2.05) is 24.3 Å². The van der Waals surface area contributed by atoms with Crippen LogP contribution in [0.1, 0.15) is 44.1 Å². The van der Waals surface area contributed by atoms with Crippen molar-refractivity contribution >= 4 is 27.3 Å². The lowest BCUT2D eigenvalue weighted by molar-refractivity contribution is -0.115. The first-order valence-electron chi connectivity index (χ1n) is 12.6. The lowest BCUT2D eigenvalue weighted by atomic mass is 10.1. The zero-order valence-corrected chi connectivity index (χ0v) is 20.8. The van der Waals surface area contributed by atoms with E-state index in [2.05, 4.69) is 10.2 Å². The molecule has 188 valence electrons. The summed E-state index contributed by atoms with van der Waals surface area (Å²) in [7, 11) is -3.60. The molecule has 8 nitrogen and oxygen atoms in total. The first kappa shape index (κ1) is 23.9. The van der Waals surface area contributed by atoms with Crippen LogP contribution >= 0.6 is 0 Å². The number of carbonyl (C=O) groups excluding carboxylic acids is 1. The third kappa shape index (κ3) is 5.41. The van der Waals surface area contributed by atoms with Crippen LogP contribution in [0.2, 0.25) is 0 Å². The molecule has 0 aromatic heterocycles. The van der Waals surface area contributed by atoms with E-state index in [0.717, 1.165) is 56.4 Å². The van der Waals surface area contributed by atoms with Crippen LogP contribution in [0.5, 0.6) is 11.5 Å². The van der Waals surface area contributed by atoms with Gasteiger partial charge in [-0.3, -0.25) is 4.79 Å². The topological polar surface area (TPSA) is 88.2 Å². The van der Waals surface area contributed by atoms with E-state index in [4.69, 9.17) is 9.47 Å². The number of carbonyl (C=O) groups is 1. The second kappa shape index (κ2) is 10.5. The second-order valence-corrected chi connectivity index (χ2v) is 11.3. The summed E-state index contributed by atoms with van der Waals surface area (Å²) in [5.74, 6) is 1.13. The van der Waals surface area contributed by atoms with Crippen molar-refractivity contribution in [2.45, 2.75) is 49.8 Å². The average molecular weight is 500 g/mol. The number of nitrogens with one attached hydrogen (secondary N) is 1. The van der Waals surface area contributed by atoms with Gasteiger partial charge in [-0.05, 0) is 68.0 Å². The van der Waals surface area contributed by atoms with Crippen LogP contribution in [0.15, 0.2) is 41.3 Å². The molecule has 35 heavy (non-hydrogen) atoms. The summed E-state index contributed by atoms with van der Waals surface area (Å²) in [4.78, 5) is 15.6. The first-order chi connectivity index (χ1) is 17.0. The van der Waals surface area contributed by atoms with Crippen LogP contribution in [-0.4, -0.2) is 58.0 Å². The third-order valence-electron chi connectivity index (χ3n) is 6.86. The predicted molar refractivity (Wildman–Crippen MR) is 135 cm³/mol. The lowest BCUT2D eigenvalue weighted by Gasteiger charge is -2.31. The van der Waals surface area contributed by atoms with Crippen LogP contribution in [0.25, 0.3) is 0 Å². The van der Waals surface area contributed by atoms with E-state index in [-0.39, 0.29) is 17.2 Å². The Balaban J connectivity index is 1.39. The molecule has 3 aliphatic heterocycles. The number of ether oxygens (including phenoxy) is 2. The van der Waals surface area contributed by atoms with Gasteiger partial charge in [0.25, 0.3) is 0 Å². The van der Waals surface area contributed by atoms with Crippen molar-refractivity contribution in [3.05, 3.63) is 42.0 Å². The molecule has 0 bridgehead atoms. The van der Waals surface area contributed by atoms with Crippen molar-refractivity contribution in [2.24, 2.45) is 0 Å². The van der Waals surface area contributed by atoms with E-state index in [0.29, 0.717) is 43.5 Å². The minimum Gasteiger partial charge on any atom is -0.486 e. The summed E-state index contributed by atoms with van der Waals surface area (Å²) in [6.07, 6.45) is 6.31. The maximum absolute atomic E-state index is 13.3.